The number of carbonyl (C=O) groups excluding carboxylic acids is 2. The highest BCUT2D eigenvalue weighted by atomic mass is 35.5. The van der Waals surface area contributed by atoms with E-state index in [-0.39, 0.29) is 0 Å². The molecule has 1 atom stereocenters. The number of benzene rings is 1. The van der Waals surface area contributed by atoms with E-state index in [0.29, 0.717) is 29.2 Å². The van der Waals surface area contributed by atoms with Crippen molar-refractivity contribution in [3.05, 3.63) is 28.8 Å². The number of halogens is 1. The second-order valence-electron chi connectivity index (χ2n) is 6.38. The Labute approximate surface area is 142 Å². The smallest absolute Gasteiger partial charge is 0.411 e. The van der Waals surface area contributed by atoms with Crippen LogP contribution in [0.1, 0.15) is 40.2 Å². The lowest BCUT2D eigenvalue weighted by Crippen LogP contribution is -2.48. The van der Waals surface area contributed by atoms with Crippen molar-refractivity contribution in [3.8, 4) is 5.75 Å². The topological polar surface area (TPSA) is 55.8 Å². The van der Waals surface area contributed by atoms with Gasteiger partial charge in [-0.3, -0.25) is 4.90 Å². The van der Waals surface area contributed by atoms with Crippen LogP contribution in [-0.4, -0.2) is 36.5 Å². The maximum absolute atomic E-state index is 12.4. The molecule has 0 fully saturated rings. The number of hydrogen-bond donors (Lipinski definition) is 0. The molecule has 1 rings (SSSR count). The van der Waals surface area contributed by atoms with Gasteiger partial charge in [0.1, 0.15) is 23.2 Å². The van der Waals surface area contributed by atoms with Gasteiger partial charge in [-0.2, -0.15) is 0 Å². The van der Waals surface area contributed by atoms with Crippen molar-refractivity contribution in [1.82, 2.24) is 4.90 Å². The lowest BCUT2D eigenvalue weighted by Gasteiger charge is -2.36. The van der Waals surface area contributed by atoms with Crippen LogP contribution in [0.25, 0.3) is 0 Å². The first-order valence-electron chi connectivity index (χ1n) is 7.41. The summed E-state index contributed by atoms with van der Waals surface area (Å²) in [5.74, 6) is 0.502. The van der Waals surface area contributed by atoms with Crippen molar-refractivity contribution in [2.45, 2.75) is 45.8 Å². The van der Waals surface area contributed by atoms with Crippen LogP contribution in [0.15, 0.2) is 18.2 Å². The standard InChI is InChI=1S/C17H24ClNO4/c1-7-22-14-9-8-12(18)10-13(14)17(5,11-20)19(6)15(21)23-16(2,3)4/h8-11H,7H2,1-6H3. The second-order valence-corrected chi connectivity index (χ2v) is 6.81. The number of hydrogen-bond acceptors (Lipinski definition) is 4. The molecule has 0 radical (unpaired) electrons. The Kier molecular flexibility index (Phi) is 6.05. The van der Waals surface area contributed by atoms with Crippen molar-refractivity contribution >= 4 is 24.0 Å². The van der Waals surface area contributed by atoms with Gasteiger partial charge in [-0.05, 0) is 52.8 Å². The van der Waals surface area contributed by atoms with Gasteiger partial charge in [-0.25, -0.2) is 4.79 Å². The molecule has 0 heterocycles. The molecule has 0 aliphatic heterocycles. The molecule has 0 aromatic heterocycles. The van der Waals surface area contributed by atoms with Gasteiger partial charge in [0.2, 0.25) is 0 Å². The van der Waals surface area contributed by atoms with Crippen LogP contribution >= 0.6 is 11.6 Å². The van der Waals surface area contributed by atoms with E-state index in [2.05, 4.69) is 0 Å². The molecule has 1 aromatic carbocycles. The molecule has 6 heteroatoms. The summed E-state index contributed by atoms with van der Waals surface area (Å²) in [6, 6.07) is 4.99. The van der Waals surface area contributed by atoms with E-state index in [1.807, 2.05) is 6.92 Å². The van der Waals surface area contributed by atoms with Crippen molar-refractivity contribution < 1.29 is 19.1 Å². The summed E-state index contributed by atoms with van der Waals surface area (Å²) < 4.78 is 10.9. The lowest BCUT2D eigenvalue weighted by atomic mass is 9.91. The van der Waals surface area contributed by atoms with Gasteiger partial charge in [0.05, 0.1) is 6.61 Å². The first-order valence-corrected chi connectivity index (χ1v) is 7.79. The van der Waals surface area contributed by atoms with Crippen molar-refractivity contribution in [1.29, 1.82) is 0 Å². The van der Waals surface area contributed by atoms with E-state index < -0.39 is 17.2 Å². The Hall–Kier alpha value is -1.75. The summed E-state index contributed by atoms with van der Waals surface area (Å²) in [6.45, 7) is 9.19. The minimum atomic E-state index is -1.27. The summed E-state index contributed by atoms with van der Waals surface area (Å²) in [4.78, 5) is 25.5. The summed E-state index contributed by atoms with van der Waals surface area (Å²) in [6.07, 6.45) is 0.0833. The van der Waals surface area contributed by atoms with Gasteiger partial charge in [0.25, 0.3) is 0 Å². The highest BCUT2D eigenvalue weighted by molar-refractivity contribution is 6.30. The van der Waals surface area contributed by atoms with Crippen molar-refractivity contribution in [3.63, 3.8) is 0 Å². The molecular formula is C17H24ClNO4. The van der Waals surface area contributed by atoms with Gasteiger partial charge >= 0.3 is 6.09 Å². The zero-order valence-electron chi connectivity index (χ0n) is 14.5. The Balaban J connectivity index is 3.31. The van der Waals surface area contributed by atoms with Crippen LogP contribution in [0.2, 0.25) is 5.02 Å². The first-order chi connectivity index (χ1) is 10.5. The summed E-state index contributed by atoms with van der Waals surface area (Å²) >= 11 is 6.06. The third-order valence-electron chi connectivity index (χ3n) is 3.38. The average molecular weight is 342 g/mol. The van der Waals surface area contributed by atoms with E-state index in [4.69, 9.17) is 21.1 Å². The SMILES string of the molecule is CCOc1ccc(Cl)cc1C(C)(C=O)N(C)C(=O)OC(C)(C)C. The largest absolute Gasteiger partial charge is 0.493 e. The van der Waals surface area contributed by atoms with Crippen LogP contribution in [0.4, 0.5) is 4.79 Å². The molecule has 0 bridgehead atoms. The molecular weight excluding hydrogens is 318 g/mol. The van der Waals surface area contributed by atoms with Crippen LogP contribution in [0.3, 0.4) is 0 Å². The number of ether oxygens (including phenoxy) is 2. The van der Waals surface area contributed by atoms with Gasteiger partial charge in [0, 0.05) is 17.6 Å². The van der Waals surface area contributed by atoms with Crippen LogP contribution in [0, 0.1) is 0 Å². The molecule has 0 saturated heterocycles. The maximum Gasteiger partial charge on any atom is 0.411 e. The molecule has 5 nitrogen and oxygen atoms in total. The van der Waals surface area contributed by atoms with Crippen LogP contribution in [0.5, 0.6) is 5.75 Å². The summed E-state index contributed by atoms with van der Waals surface area (Å²) in [7, 11) is 1.51. The minimum absolute atomic E-state index is 0.430. The van der Waals surface area contributed by atoms with Gasteiger partial charge in [0.15, 0.2) is 0 Å². The Morgan fingerprint density at radius 2 is 1.91 bits per heavy atom. The van der Waals surface area contributed by atoms with Crippen molar-refractivity contribution in [2.75, 3.05) is 13.7 Å². The quantitative estimate of drug-likeness (QED) is 0.759. The number of likely N-dealkylation sites (N-methyl/N-ethyl adjacent to an activating group) is 1. The number of nitrogens with zero attached hydrogens (tertiary/aromatic N) is 1. The zero-order valence-corrected chi connectivity index (χ0v) is 15.2. The van der Waals surface area contributed by atoms with E-state index in [1.54, 1.807) is 45.9 Å². The van der Waals surface area contributed by atoms with E-state index >= 15 is 0 Å². The predicted molar refractivity (Wildman–Crippen MR) is 90.0 cm³/mol. The fraction of sp³-hybridized carbons (Fsp3) is 0.529. The summed E-state index contributed by atoms with van der Waals surface area (Å²) in [5.41, 5.74) is -1.42. The number of aldehydes is 1. The van der Waals surface area contributed by atoms with Crippen LogP contribution in [-0.2, 0) is 15.1 Å². The molecule has 1 unspecified atom stereocenters. The van der Waals surface area contributed by atoms with Crippen LogP contribution < -0.4 is 4.74 Å². The minimum Gasteiger partial charge on any atom is -0.493 e. The molecule has 128 valence electrons. The average Bonchev–Trinajstić information content (AvgIpc) is 2.46. The fourth-order valence-electron chi connectivity index (χ4n) is 2.02. The molecule has 0 saturated carbocycles. The third-order valence-corrected chi connectivity index (χ3v) is 3.62. The molecule has 0 N–H and O–H groups in total. The predicted octanol–water partition coefficient (Wildman–Crippen LogP) is 4.02. The Bertz CT molecular complexity index is 582. The van der Waals surface area contributed by atoms with Gasteiger partial charge < -0.3 is 14.3 Å². The highest BCUT2D eigenvalue weighted by Crippen LogP contribution is 2.35. The molecule has 1 amide bonds. The van der Waals surface area contributed by atoms with Crippen molar-refractivity contribution in [2.24, 2.45) is 0 Å². The number of carbonyl (C=O) groups is 2. The molecule has 0 spiro atoms. The Morgan fingerprint density at radius 1 is 1.30 bits per heavy atom. The Morgan fingerprint density at radius 3 is 2.39 bits per heavy atom. The lowest BCUT2D eigenvalue weighted by molar-refractivity contribution is -0.117. The van der Waals surface area contributed by atoms with E-state index in [1.165, 1.54) is 11.9 Å². The van der Waals surface area contributed by atoms with E-state index in [9.17, 15) is 9.59 Å². The highest BCUT2D eigenvalue weighted by Gasteiger charge is 2.39. The molecule has 0 aliphatic rings. The van der Waals surface area contributed by atoms with Gasteiger partial charge in [-0.15, -0.1) is 0 Å². The molecule has 23 heavy (non-hydrogen) atoms. The zero-order chi connectivity index (χ0) is 17.8. The monoisotopic (exact) mass is 341 g/mol. The molecule has 1 aromatic rings. The normalized spacial score (nSPS) is 13.9. The first kappa shape index (κ1) is 19.3. The maximum atomic E-state index is 12.4. The summed E-state index contributed by atoms with van der Waals surface area (Å²) in [5, 5.41) is 0.453. The van der Waals surface area contributed by atoms with Gasteiger partial charge in [-0.1, -0.05) is 11.6 Å². The molecule has 0 aliphatic carbocycles. The third kappa shape index (κ3) is 4.61. The van der Waals surface area contributed by atoms with E-state index in [0.717, 1.165) is 0 Å². The number of rotatable bonds is 5. The fourth-order valence-corrected chi connectivity index (χ4v) is 2.19. The number of amides is 1. The second kappa shape index (κ2) is 7.21.